The quantitative estimate of drug-likeness (QED) is 0.176. The second kappa shape index (κ2) is 9.70. The Morgan fingerprint density at radius 2 is 1.02 bits per heavy atom. The number of thiophene rings is 1. The second-order valence-electron chi connectivity index (χ2n) is 14.3. The third-order valence-electron chi connectivity index (χ3n) is 11.3. The monoisotopic (exact) mass is 639 g/mol. The highest BCUT2D eigenvalue weighted by Crippen LogP contribution is 2.63. The van der Waals surface area contributed by atoms with Crippen molar-refractivity contribution in [2.45, 2.75) is 44.3 Å². The molecule has 6 aromatic carbocycles. The normalized spacial score (nSPS) is 17.8. The Morgan fingerprint density at radius 1 is 0.521 bits per heavy atom. The van der Waals surface area contributed by atoms with Gasteiger partial charge in [-0.1, -0.05) is 103 Å². The molecule has 0 saturated carbocycles. The lowest BCUT2D eigenvalue weighted by molar-refractivity contribution is 0.00578. The van der Waals surface area contributed by atoms with Crippen molar-refractivity contribution in [2.24, 2.45) is 0 Å². The predicted octanol–water partition coefficient (Wildman–Crippen LogP) is 10.5. The lowest BCUT2D eigenvalue weighted by Gasteiger charge is -2.45. The number of fused-ring (bicyclic) bond motifs is 12. The van der Waals surface area contributed by atoms with Crippen LogP contribution in [-0.4, -0.2) is 18.3 Å². The average molecular weight is 640 g/mol. The topological polar surface area (TPSA) is 21.7 Å². The minimum Gasteiger partial charge on any atom is -0.399 e. The molecule has 3 heterocycles. The molecular weight excluding hydrogens is 605 g/mol. The lowest BCUT2D eigenvalue weighted by atomic mass is 9.64. The minimum absolute atomic E-state index is 0.438. The number of benzene rings is 6. The van der Waals surface area contributed by atoms with Gasteiger partial charge < -0.3 is 14.2 Å². The Hall–Kier alpha value is -4.68. The van der Waals surface area contributed by atoms with E-state index in [0.717, 1.165) is 11.2 Å². The van der Waals surface area contributed by atoms with E-state index in [4.69, 9.17) is 9.31 Å². The maximum atomic E-state index is 6.67. The molecule has 48 heavy (non-hydrogen) atoms. The molecule has 0 unspecified atom stereocenters. The van der Waals surface area contributed by atoms with E-state index in [9.17, 15) is 0 Å². The molecule has 0 atom stereocenters. The molecule has 232 valence electrons. The van der Waals surface area contributed by atoms with Gasteiger partial charge in [0.15, 0.2) is 0 Å². The first-order valence-electron chi connectivity index (χ1n) is 16.8. The van der Waals surface area contributed by atoms with Gasteiger partial charge >= 0.3 is 7.12 Å². The molecular formula is C43H34BNO2S. The van der Waals surface area contributed by atoms with Gasteiger partial charge in [0.05, 0.1) is 33.7 Å². The van der Waals surface area contributed by atoms with Gasteiger partial charge in [-0.25, -0.2) is 0 Å². The maximum absolute atomic E-state index is 6.67. The van der Waals surface area contributed by atoms with Gasteiger partial charge in [-0.15, -0.1) is 11.3 Å². The molecule has 3 aliphatic rings. The molecule has 1 spiro atoms. The lowest BCUT2D eigenvalue weighted by Crippen LogP contribution is -2.41. The van der Waals surface area contributed by atoms with Crippen LogP contribution in [0, 0.1) is 0 Å². The molecule has 1 saturated heterocycles. The van der Waals surface area contributed by atoms with Crippen molar-refractivity contribution in [3.05, 3.63) is 156 Å². The SMILES string of the molecule is CC1(C)OB(c2cc(N3c4ccccc4C4(c5ccccc5-c5ccccc54)c4ccccc43)c3c(c2)sc2ccccc23)OC1(C)C. The van der Waals surface area contributed by atoms with E-state index in [1.165, 1.54) is 64.9 Å². The fourth-order valence-corrected chi connectivity index (χ4v) is 9.64. The first kappa shape index (κ1) is 28.3. The summed E-state index contributed by atoms with van der Waals surface area (Å²) in [5.74, 6) is 0. The van der Waals surface area contributed by atoms with Crippen LogP contribution in [0.15, 0.2) is 133 Å². The summed E-state index contributed by atoms with van der Waals surface area (Å²) in [5, 5.41) is 2.52. The van der Waals surface area contributed by atoms with Crippen molar-refractivity contribution in [2.75, 3.05) is 4.90 Å². The fraction of sp³-hybridized carbons (Fsp3) is 0.163. The summed E-state index contributed by atoms with van der Waals surface area (Å²) in [7, 11) is -0.474. The van der Waals surface area contributed by atoms with E-state index >= 15 is 0 Å². The first-order chi connectivity index (χ1) is 23.3. The summed E-state index contributed by atoms with van der Waals surface area (Å²) in [6.07, 6.45) is 0. The van der Waals surface area contributed by atoms with Crippen molar-refractivity contribution in [1.29, 1.82) is 0 Å². The van der Waals surface area contributed by atoms with Gasteiger partial charge in [0.1, 0.15) is 0 Å². The van der Waals surface area contributed by atoms with Gasteiger partial charge in [0.25, 0.3) is 0 Å². The van der Waals surface area contributed by atoms with Gasteiger partial charge in [-0.05, 0) is 96.9 Å². The van der Waals surface area contributed by atoms with E-state index in [-0.39, 0.29) is 0 Å². The average Bonchev–Trinajstić information content (AvgIpc) is 3.70. The molecule has 1 aliphatic carbocycles. The second-order valence-corrected chi connectivity index (χ2v) is 15.4. The number of rotatable bonds is 2. The van der Waals surface area contributed by atoms with Crippen LogP contribution in [0.3, 0.4) is 0 Å². The number of hydrogen-bond acceptors (Lipinski definition) is 4. The van der Waals surface area contributed by atoms with Crippen LogP contribution in [-0.2, 0) is 14.7 Å². The summed E-state index contributed by atoms with van der Waals surface area (Å²) >= 11 is 1.84. The van der Waals surface area contributed by atoms with E-state index in [1.54, 1.807) is 0 Å². The molecule has 3 nitrogen and oxygen atoms in total. The number of anilines is 3. The zero-order chi connectivity index (χ0) is 32.4. The van der Waals surface area contributed by atoms with E-state index in [0.29, 0.717) is 0 Å². The summed E-state index contributed by atoms with van der Waals surface area (Å²) in [6.45, 7) is 8.50. The molecule has 2 aliphatic heterocycles. The third kappa shape index (κ3) is 3.56. The van der Waals surface area contributed by atoms with Crippen LogP contribution >= 0.6 is 11.3 Å². The number of nitrogens with zero attached hydrogens (tertiary/aromatic N) is 1. The maximum Gasteiger partial charge on any atom is 0.494 e. The highest BCUT2D eigenvalue weighted by atomic mass is 32.1. The van der Waals surface area contributed by atoms with Gasteiger partial charge in [0, 0.05) is 20.2 Å². The van der Waals surface area contributed by atoms with Crippen molar-refractivity contribution in [3.63, 3.8) is 0 Å². The third-order valence-corrected chi connectivity index (χ3v) is 12.4. The number of para-hydroxylation sites is 2. The largest absolute Gasteiger partial charge is 0.494 e. The smallest absolute Gasteiger partial charge is 0.399 e. The molecule has 0 amide bonds. The van der Waals surface area contributed by atoms with Crippen LogP contribution in [0.2, 0.25) is 0 Å². The van der Waals surface area contributed by atoms with Gasteiger partial charge in [-0.2, -0.15) is 0 Å². The van der Waals surface area contributed by atoms with Gasteiger partial charge in [0.2, 0.25) is 0 Å². The van der Waals surface area contributed by atoms with Crippen molar-refractivity contribution in [3.8, 4) is 11.1 Å². The van der Waals surface area contributed by atoms with Gasteiger partial charge in [-0.3, -0.25) is 0 Å². The van der Waals surface area contributed by atoms with E-state index < -0.39 is 23.7 Å². The molecule has 7 aromatic rings. The van der Waals surface area contributed by atoms with E-state index in [2.05, 4.69) is 166 Å². The molecule has 5 heteroatoms. The molecule has 1 aromatic heterocycles. The fourth-order valence-electron chi connectivity index (χ4n) is 8.47. The van der Waals surface area contributed by atoms with Crippen LogP contribution in [0.4, 0.5) is 17.1 Å². The highest BCUT2D eigenvalue weighted by Gasteiger charge is 2.53. The Labute approximate surface area is 285 Å². The molecule has 0 radical (unpaired) electrons. The Bertz CT molecular complexity index is 2350. The predicted molar refractivity (Wildman–Crippen MR) is 201 cm³/mol. The Morgan fingerprint density at radius 3 is 1.62 bits per heavy atom. The Kier molecular flexibility index (Phi) is 5.73. The summed E-state index contributed by atoms with van der Waals surface area (Å²) in [6, 6.07) is 49.4. The van der Waals surface area contributed by atoms with Crippen molar-refractivity contribution < 1.29 is 9.31 Å². The van der Waals surface area contributed by atoms with E-state index in [1.807, 2.05) is 11.3 Å². The first-order valence-corrected chi connectivity index (χ1v) is 17.6. The summed E-state index contributed by atoms with van der Waals surface area (Å²) < 4.78 is 15.8. The van der Waals surface area contributed by atoms with Crippen molar-refractivity contribution in [1.82, 2.24) is 0 Å². The molecule has 0 N–H and O–H groups in total. The molecule has 0 bridgehead atoms. The van der Waals surface area contributed by atoms with Crippen LogP contribution in [0.1, 0.15) is 49.9 Å². The number of hydrogen-bond donors (Lipinski definition) is 0. The molecule has 10 rings (SSSR count). The highest BCUT2D eigenvalue weighted by molar-refractivity contribution is 7.26. The van der Waals surface area contributed by atoms with Crippen LogP contribution < -0.4 is 10.4 Å². The minimum atomic E-state index is -0.474. The van der Waals surface area contributed by atoms with Crippen LogP contribution in [0.25, 0.3) is 31.3 Å². The Balaban J connectivity index is 1.30. The zero-order valence-electron chi connectivity index (χ0n) is 27.5. The summed E-state index contributed by atoms with van der Waals surface area (Å²) in [4.78, 5) is 2.51. The molecule has 1 fully saturated rings. The standard InChI is InChI=1S/C43H34BNO2S/c1-41(2)42(3,4)47-44(46-41)27-25-37(40-30-17-7-14-24-38(30)48-39(40)26-27)45-35-22-12-10-20-33(35)43(34-21-11-13-23-36(34)45)31-18-8-5-15-28(31)29-16-6-9-19-32(29)43/h5-26H,1-4H3. The van der Waals surface area contributed by atoms with Crippen LogP contribution in [0.5, 0.6) is 0 Å². The summed E-state index contributed by atoms with van der Waals surface area (Å²) in [5.41, 5.74) is 11.1. The zero-order valence-corrected chi connectivity index (χ0v) is 28.3. The van der Waals surface area contributed by atoms with Crippen molar-refractivity contribution >= 4 is 61.2 Å².